The number of methoxy groups -OCH3 is 1. The second-order valence-corrected chi connectivity index (χ2v) is 6.80. The van der Waals surface area contributed by atoms with Crippen LogP contribution >= 0.6 is 0 Å². The maximum Gasteiger partial charge on any atom is 0.295 e. The van der Waals surface area contributed by atoms with E-state index in [1.807, 2.05) is 19.0 Å². The summed E-state index contributed by atoms with van der Waals surface area (Å²) >= 11 is 0. The number of likely N-dealkylation sites (tertiary alicyclic amines) is 1. The predicted molar refractivity (Wildman–Crippen MR) is 105 cm³/mol. The highest BCUT2D eigenvalue weighted by Gasteiger charge is 2.45. The molecule has 1 saturated heterocycles. The third-order valence-corrected chi connectivity index (χ3v) is 4.71. The van der Waals surface area contributed by atoms with Crippen LogP contribution in [0.5, 0.6) is 5.75 Å². The van der Waals surface area contributed by atoms with E-state index in [1.165, 1.54) is 17.3 Å². The number of amides is 1. The van der Waals surface area contributed by atoms with Gasteiger partial charge in [-0.1, -0.05) is 12.1 Å². The Hall–Kier alpha value is -3.19. The van der Waals surface area contributed by atoms with Crippen LogP contribution in [0.2, 0.25) is 0 Å². The van der Waals surface area contributed by atoms with Crippen molar-refractivity contribution in [2.45, 2.75) is 6.04 Å². The van der Waals surface area contributed by atoms with Gasteiger partial charge in [0, 0.05) is 31.0 Å². The Balaban J connectivity index is 2.12. The summed E-state index contributed by atoms with van der Waals surface area (Å²) in [7, 11) is 5.37. The average molecular weight is 381 g/mol. The van der Waals surface area contributed by atoms with Crippen LogP contribution in [-0.4, -0.2) is 65.9 Å². The maximum atomic E-state index is 12.8. The summed E-state index contributed by atoms with van der Waals surface area (Å²) in [6, 6.07) is 9.69. The molecular formula is C21H23N3O4. The lowest BCUT2D eigenvalue weighted by atomic mass is 9.95. The molecule has 1 atom stereocenters. The number of carbonyl (C=O) groups is 2. The molecule has 0 aliphatic carbocycles. The van der Waals surface area contributed by atoms with Crippen molar-refractivity contribution in [2.24, 2.45) is 0 Å². The highest BCUT2D eigenvalue weighted by molar-refractivity contribution is 6.46. The van der Waals surface area contributed by atoms with Crippen LogP contribution in [0.4, 0.5) is 0 Å². The molecule has 146 valence electrons. The third-order valence-electron chi connectivity index (χ3n) is 4.71. The molecule has 1 aromatic heterocycles. The zero-order chi connectivity index (χ0) is 20.3. The van der Waals surface area contributed by atoms with Crippen molar-refractivity contribution in [2.75, 3.05) is 34.3 Å². The maximum absolute atomic E-state index is 12.8. The zero-order valence-corrected chi connectivity index (χ0v) is 16.1. The predicted octanol–water partition coefficient (Wildman–Crippen LogP) is 2.07. The molecule has 0 bridgehead atoms. The number of hydrogen-bond donors (Lipinski definition) is 1. The summed E-state index contributed by atoms with van der Waals surface area (Å²) in [6.45, 7) is 0.955. The number of ether oxygens (including phenoxy) is 1. The average Bonchev–Trinajstić information content (AvgIpc) is 2.97. The number of ketones is 1. The lowest BCUT2D eigenvalue weighted by molar-refractivity contribution is -0.140. The first-order chi connectivity index (χ1) is 13.4. The molecular weight excluding hydrogens is 358 g/mol. The van der Waals surface area contributed by atoms with Gasteiger partial charge in [-0.2, -0.15) is 0 Å². The number of likely N-dealkylation sites (N-methyl/N-ethyl adjacent to an activating group) is 1. The molecule has 28 heavy (non-hydrogen) atoms. The van der Waals surface area contributed by atoms with E-state index >= 15 is 0 Å². The molecule has 3 rings (SSSR count). The van der Waals surface area contributed by atoms with Gasteiger partial charge < -0.3 is 19.6 Å². The molecule has 0 spiro atoms. The van der Waals surface area contributed by atoms with Gasteiger partial charge in [0.2, 0.25) is 0 Å². The van der Waals surface area contributed by atoms with Gasteiger partial charge in [-0.15, -0.1) is 0 Å². The SMILES string of the molecule is COc1ccc(C2/C(=C(/O)c3ccncc3)C(=O)C(=O)N2CCN(C)C)cc1. The normalized spacial score (nSPS) is 18.7. The Morgan fingerprint density at radius 3 is 2.36 bits per heavy atom. The molecule has 1 aliphatic rings. The molecule has 7 heteroatoms. The second-order valence-electron chi connectivity index (χ2n) is 6.80. The number of nitrogens with zero attached hydrogens (tertiary/aromatic N) is 3. The summed E-state index contributed by atoms with van der Waals surface area (Å²) in [5, 5.41) is 10.9. The standard InChI is InChI=1S/C21H23N3O4/c1-23(2)12-13-24-18(14-4-6-16(28-3)7-5-14)17(20(26)21(24)27)19(25)15-8-10-22-11-9-15/h4-11,18,25H,12-13H2,1-3H3/b19-17-. The van der Waals surface area contributed by atoms with Gasteiger partial charge in [-0.3, -0.25) is 14.6 Å². The van der Waals surface area contributed by atoms with Crippen molar-refractivity contribution >= 4 is 17.4 Å². The molecule has 1 amide bonds. The molecule has 0 saturated carbocycles. The fourth-order valence-corrected chi connectivity index (χ4v) is 3.22. The fraction of sp³-hybridized carbons (Fsp3) is 0.286. The van der Waals surface area contributed by atoms with Crippen molar-refractivity contribution in [1.29, 1.82) is 0 Å². The number of hydrogen-bond acceptors (Lipinski definition) is 6. The van der Waals surface area contributed by atoms with Crippen LogP contribution in [0.1, 0.15) is 17.2 Å². The van der Waals surface area contributed by atoms with Crippen molar-refractivity contribution < 1.29 is 19.4 Å². The van der Waals surface area contributed by atoms with E-state index in [0.29, 0.717) is 24.4 Å². The van der Waals surface area contributed by atoms with Crippen LogP contribution in [0.3, 0.4) is 0 Å². The Bertz CT molecular complexity index is 892. The number of aliphatic hydroxyl groups is 1. The van der Waals surface area contributed by atoms with Crippen molar-refractivity contribution in [3.63, 3.8) is 0 Å². The largest absolute Gasteiger partial charge is 0.507 e. The number of benzene rings is 1. The molecule has 7 nitrogen and oxygen atoms in total. The van der Waals surface area contributed by atoms with Crippen LogP contribution in [0.15, 0.2) is 54.4 Å². The summed E-state index contributed by atoms with van der Waals surface area (Å²) in [6.07, 6.45) is 3.05. The van der Waals surface area contributed by atoms with Crippen LogP contribution in [0.25, 0.3) is 5.76 Å². The Morgan fingerprint density at radius 2 is 1.79 bits per heavy atom. The van der Waals surface area contributed by atoms with Gasteiger partial charge >= 0.3 is 0 Å². The zero-order valence-electron chi connectivity index (χ0n) is 16.1. The van der Waals surface area contributed by atoms with Gasteiger partial charge in [0.1, 0.15) is 11.5 Å². The van der Waals surface area contributed by atoms with Crippen LogP contribution < -0.4 is 4.74 Å². The van der Waals surface area contributed by atoms with E-state index in [-0.39, 0.29) is 11.3 Å². The highest BCUT2D eigenvalue weighted by atomic mass is 16.5. The first-order valence-electron chi connectivity index (χ1n) is 8.91. The molecule has 1 unspecified atom stereocenters. The molecule has 1 aliphatic heterocycles. The van der Waals surface area contributed by atoms with Gasteiger partial charge in [0.05, 0.1) is 18.7 Å². The number of aromatic nitrogens is 1. The summed E-state index contributed by atoms with van der Waals surface area (Å²) in [5.41, 5.74) is 1.26. The molecule has 2 heterocycles. The van der Waals surface area contributed by atoms with E-state index < -0.39 is 17.7 Å². The van der Waals surface area contributed by atoms with E-state index in [0.717, 1.165) is 5.56 Å². The fourth-order valence-electron chi connectivity index (χ4n) is 3.22. The van der Waals surface area contributed by atoms with Gasteiger partial charge in [0.25, 0.3) is 11.7 Å². The molecule has 1 N–H and O–H groups in total. The topological polar surface area (TPSA) is 83.0 Å². The molecule has 0 radical (unpaired) electrons. The number of Topliss-reactive ketones (excluding diaryl/α,β-unsaturated/α-hetero) is 1. The lowest BCUT2D eigenvalue weighted by Gasteiger charge is -2.26. The summed E-state index contributed by atoms with van der Waals surface area (Å²) < 4.78 is 5.20. The Kier molecular flexibility index (Phi) is 5.75. The van der Waals surface area contributed by atoms with E-state index in [9.17, 15) is 14.7 Å². The minimum Gasteiger partial charge on any atom is -0.507 e. The second kappa shape index (κ2) is 8.22. The van der Waals surface area contributed by atoms with Gasteiger partial charge in [-0.05, 0) is 43.9 Å². The third kappa shape index (κ3) is 3.75. The molecule has 2 aromatic rings. The van der Waals surface area contributed by atoms with E-state index in [2.05, 4.69) is 4.98 Å². The minimum absolute atomic E-state index is 0.0834. The van der Waals surface area contributed by atoms with Crippen molar-refractivity contribution in [1.82, 2.24) is 14.8 Å². The Morgan fingerprint density at radius 1 is 1.14 bits per heavy atom. The van der Waals surface area contributed by atoms with E-state index in [1.54, 1.807) is 43.5 Å². The number of rotatable bonds is 6. The smallest absolute Gasteiger partial charge is 0.295 e. The van der Waals surface area contributed by atoms with Crippen LogP contribution in [-0.2, 0) is 9.59 Å². The first-order valence-corrected chi connectivity index (χ1v) is 8.91. The van der Waals surface area contributed by atoms with Crippen molar-refractivity contribution in [3.05, 3.63) is 65.5 Å². The quantitative estimate of drug-likeness (QED) is 0.469. The van der Waals surface area contributed by atoms with E-state index in [4.69, 9.17) is 4.74 Å². The van der Waals surface area contributed by atoms with Crippen molar-refractivity contribution in [3.8, 4) is 5.75 Å². The summed E-state index contributed by atoms with van der Waals surface area (Å²) in [5.74, 6) is -0.829. The first kappa shape index (κ1) is 19.6. The number of pyridine rings is 1. The highest BCUT2D eigenvalue weighted by Crippen LogP contribution is 2.39. The molecule has 1 aromatic carbocycles. The Labute approximate surface area is 163 Å². The van der Waals surface area contributed by atoms with Gasteiger partial charge in [-0.25, -0.2) is 0 Å². The van der Waals surface area contributed by atoms with Crippen LogP contribution in [0, 0.1) is 0 Å². The summed E-state index contributed by atoms with van der Waals surface area (Å²) in [4.78, 5) is 32.9. The number of aliphatic hydroxyl groups excluding tert-OH is 1. The number of carbonyl (C=O) groups excluding carboxylic acids is 2. The lowest BCUT2D eigenvalue weighted by Crippen LogP contribution is -2.35. The van der Waals surface area contributed by atoms with Gasteiger partial charge in [0.15, 0.2) is 0 Å². The monoisotopic (exact) mass is 381 g/mol. The molecule has 1 fully saturated rings. The minimum atomic E-state index is -0.686.